The molecule has 2 aromatic rings. The van der Waals surface area contributed by atoms with E-state index >= 15 is 0 Å². The van der Waals surface area contributed by atoms with Crippen molar-refractivity contribution in [2.75, 3.05) is 45.7 Å². The molecule has 2 saturated heterocycles. The second-order valence-electron chi connectivity index (χ2n) is 8.53. The molecule has 0 bridgehead atoms. The molecule has 4 rings (SSSR count). The summed E-state index contributed by atoms with van der Waals surface area (Å²) in [6, 6.07) is 5.83. The van der Waals surface area contributed by atoms with Gasteiger partial charge in [0.15, 0.2) is 22.1 Å². The lowest BCUT2D eigenvalue weighted by atomic mass is 10.1. The first-order valence-corrected chi connectivity index (χ1v) is 13.5. The van der Waals surface area contributed by atoms with Crippen LogP contribution in [0.25, 0.3) is 0 Å². The summed E-state index contributed by atoms with van der Waals surface area (Å²) in [5, 5.41) is 6.06. The lowest BCUT2D eigenvalue weighted by Crippen LogP contribution is -2.44. The monoisotopic (exact) mass is 525 g/mol. The van der Waals surface area contributed by atoms with Gasteiger partial charge in [0.25, 0.3) is 5.91 Å². The number of nitrogens with zero attached hydrogens (tertiary/aromatic N) is 4. The van der Waals surface area contributed by atoms with Gasteiger partial charge in [-0.05, 0) is 45.1 Å². The van der Waals surface area contributed by atoms with E-state index in [-0.39, 0.29) is 27.9 Å². The summed E-state index contributed by atoms with van der Waals surface area (Å²) in [6.07, 6.45) is 2.88. The Hall–Kier alpha value is -2.45. The minimum atomic E-state index is -3.71. The summed E-state index contributed by atoms with van der Waals surface area (Å²) >= 11 is 0.681. The third-order valence-electron chi connectivity index (χ3n) is 6.10. The van der Waals surface area contributed by atoms with Gasteiger partial charge in [0.1, 0.15) is 0 Å². The van der Waals surface area contributed by atoms with E-state index in [2.05, 4.69) is 20.4 Å². The summed E-state index contributed by atoms with van der Waals surface area (Å²) in [6.45, 7) is 2.58. The molecule has 1 N–H and O–H groups in total. The minimum absolute atomic E-state index is 0.0699. The maximum absolute atomic E-state index is 13.3. The highest BCUT2D eigenvalue weighted by molar-refractivity contribution is 7.89. The molecular weight excluding hydrogens is 497 g/mol. The molecule has 0 spiro atoms. The fourth-order valence-corrected chi connectivity index (χ4v) is 5.88. The Morgan fingerprint density at radius 3 is 2.60 bits per heavy atom. The van der Waals surface area contributed by atoms with Crippen molar-refractivity contribution in [1.29, 1.82) is 0 Å². The maximum Gasteiger partial charge on any atom is 0.280 e. The Balaban J connectivity index is 1.54. The molecule has 0 aliphatic carbocycles. The molecule has 2 fully saturated rings. The summed E-state index contributed by atoms with van der Waals surface area (Å²) < 4.78 is 46.4. The molecule has 3 heterocycles. The number of anilines is 1. The van der Waals surface area contributed by atoms with E-state index in [9.17, 15) is 17.6 Å². The van der Waals surface area contributed by atoms with E-state index in [1.165, 1.54) is 28.6 Å². The van der Waals surface area contributed by atoms with Gasteiger partial charge >= 0.3 is 0 Å². The van der Waals surface area contributed by atoms with Crippen molar-refractivity contribution in [2.24, 2.45) is 5.16 Å². The lowest BCUT2D eigenvalue weighted by molar-refractivity contribution is -0.110. The number of rotatable bonds is 8. The van der Waals surface area contributed by atoms with Crippen LogP contribution in [0.4, 0.5) is 9.52 Å². The standard InChI is InChI=1S/C22H28FN5O5S2/c1-27-10-7-16(8-11-27)28(2)35(30,31)18-5-3-15(4-6-18)20(26-33-17-9-12-32-14-17)21(29)25-22-24-13-19(23)34-22/h3-6,13,16-17H,7-12,14H2,1-2H3,(H,24,25,29)/b26-20+/t17-/m1/s1. The van der Waals surface area contributed by atoms with Gasteiger partial charge in [0.2, 0.25) is 10.0 Å². The van der Waals surface area contributed by atoms with Gasteiger partial charge < -0.3 is 14.5 Å². The first-order chi connectivity index (χ1) is 16.7. The molecule has 13 heteroatoms. The number of aromatic nitrogens is 1. The van der Waals surface area contributed by atoms with Crippen LogP contribution in [0, 0.1) is 5.13 Å². The highest BCUT2D eigenvalue weighted by atomic mass is 32.2. The van der Waals surface area contributed by atoms with Crippen molar-refractivity contribution in [3.63, 3.8) is 0 Å². The third-order valence-corrected chi connectivity index (χ3v) is 8.73. The van der Waals surface area contributed by atoms with Crippen LogP contribution in [0.3, 0.4) is 0 Å². The summed E-state index contributed by atoms with van der Waals surface area (Å²) in [5.41, 5.74) is 0.263. The van der Waals surface area contributed by atoms with E-state index in [4.69, 9.17) is 9.57 Å². The van der Waals surface area contributed by atoms with Gasteiger partial charge in [-0.2, -0.15) is 8.70 Å². The number of oxime groups is 1. The normalized spacial score (nSPS) is 20.3. The number of carbonyl (C=O) groups is 1. The fraction of sp³-hybridized carbons (Fsp3) is 0.500. The molecule has 1 atom stereocenters. The van der Waals surface area contributed by atoms with Gasteiger partial charge in [-0.3, -0.25) is 10.1 Å². The van der Waals surface area contributed by atoms with E-state index < -0.39 is 21.1 Å². The van der Waals surface area contributed by atoms with Crippen molar-refractivity contribution < 1.29 is 27.2 Å². The third kappa shape index (κ3) is 6.22. The summed E-state index contributed by atoms with van der Waals surface area (Å²) in [5.74, 6) is -0.655. The van der Waals surface area contributed by atoms with Crippen LogP contribution in [-0.2, 0) is 24.4 Å². The Labute approximate surface area is 207 Å². The molecule has 35 heavy (non-hydrogen) atoms. The van der Waals surface area contributed by atoms with Crippen LogP contribution in [0.1, 0.15) is 24.8 Å². The zero-order valence-corrected chi connectivity index (χ0v) is 21.1. The number of hydrogen-bond donors (Lipinski definition) is 1. The zero-order valence-electron chi connectivity index (χ0n) is 19.5. The van der Waals surface area contributed by atoms with Crippen molar-refractivity contribution in [3.05, 3.63) is 41.2 Å². The minimum Gasteiger partial charge on any atom is -0.389 e. The van der Waals surface area contributed by atoms with Gasteiger partial charge in [-0.1, -0.05) is 28.6 Å². The number of piperidine rings is 1. The number of halogens is 1. The number of thiazole rings is 1. The predicted octanol–water partition coefficient (Wildman–Crippen LogP) is 2.15. The summed E-state index contributed by atoms with van der Waals surface area (Å²) in [4.78, 5) is 24.5. The molecule has 1 amide bonds. The highest BCUT2D eigenvalue weighted by Gasteiger charge is 2.30. The number of nitrogens with one attached hydrogen (secondary N) is 1. The van der Waals surface area contributed by atoms with E-state index in [0.717, 1.165) is 32.1 Å². The van der Waals surface area contributed by atoms with Crippen molar-refractivity contribution in [1.82, 2.24) is 14.2 Å². The Morgan fingerprint density at radius 2 is 2.00 bits per heavy atom. The first kappa shape index (κ1) is 25.6. The Morgan fingerprint density at radius 1 is 1.29 bits per heavy atom. The molecule has 2 aliphatic heterocycles. The molecule has 10 nitrogen and oxygen atoms in total. The van der Waals surface area contributed by atoms with Gasteiger partial charge in [-0.25, -0.2) is 13.4 Å². The number of sulfonamides is 1. The molecule has 2 aliphatic rings. The maximum atomic E-state index is 13.3. The van der Waals surface area contributed by atoms with Crippen LogP contribution in [-0.4, -0.2) is 86.8 Å². The SMILES string of the molecule is CN1CCC(N(C)S(=O)(=O)c2ccc(/C(=N\O[C@@H]3CCOC3)C(=O)Nc3ncc(F)s3)cc2)CC1. The number of benzene rings is 1. The van der Waals surface area contributed by atoms with Crippen LogP contribution in [0.15, 0.2) is 40.5 Å². The molecule has 0 radical (unpaired) electrons. The highest BCUT2D eigenvalue weighted by Crippen LogP contribution is 2.23. The van der Waals surface area contributed by atoms with Crippen molar-refractivity contribution in [3.8, 4) is 0 Å². The van der Waals surface area contributed by atoms with Crippen LogP contribution in [0.2, 0.25) is 0 Å². The average molecular weight is 526 g/mol. The largest absolute Gasteiger partial charge is 0.389 e. The van der Waals surface area contributed by atoms with Gasteiger partial charge in [0.05, 0.1) is 24.3 Å². The van der Waals surface area contributed by atoms with Crippen molar-refractivity contribution in [2.45, 2.75) is 36.3 Å². The molecule has 1 aromatic carbocycles. The van der Waals surface area contributed by atoms with Crippen molar-refractivity contribution >= 4 is 38.1 Å². The number of hydrogen-bond acceptors (Lipinski definition) is 9. The van der Waals surface area contributed by atoms with Crippen LogP contribution < -0.4 is 5.32 Å². The van der Waals surface area contributed by atoms with E-state index in [1.54, 1.807) is 7.05 Å². The number of likely N-dealkylation sites (tertiary alicyclic amines) is 1. The van der Waals surface area contributed by atoms with E-state index in [1.807, 2.05) is 7.05 Å². The number of amides is 1. The quantitative estimate of drug-likeness (QED) is 0.415. The number of ether oxygens (including phenoxy) is 1. The molecule has 1 aromatic heterocycles. The smallest absolute Gasteiger partial charge is 0.280 e. The second kappa shape index (κ2) is 11.1. The van der Waals surface area contributed by atoms with Gasteiger partial charge in [-0.15, -0.1) is 0 Å². The topological polar surface area (TPSA) is 113 Å². The first-order valence-electron chi connectivity index (χ1n) is 11.3. The number of carbonyl (C=O) groups excluding carboxylic acids is 1. The Kier molecular flexibility index (Phi) is 8.12. The molecular formula is C22H28FN5O5S2. The fourth-order valence-electron chi connectivity index (χ4n) is 3.92. The van der Waals surface area contributed by atoms with Crippen LogP contribution in [0.5, 0.6) is 0 Å². The predicted molar refractivity (Wildman–Crippen MR) is 129 cm³/mol. The van der Waals surface area contributed by atoms with Crippen LogP contribution >= 0.6 is 11.3 Å². The van der Waals surface area contributed by atoms with Gasteiger partial charge in [0, 0.05) is 25.1 Å². The second-order valence-corrected chi connectivity index (χ2v) is 11.5. The summed E-state index contributed by atoms with van der Waals surface area (Å²) in [7, 11) is -0.0909. The lowest BCUT2D eigenvalue weighted by Gasteiger charge is -2.34. The molecule has 0 saturated carbocycles. The average Bonchev–Trinajstić information content (AvgIpc) is 3.51. The zero-order chi connectivity index (χ0) is 25.0. The van der Waals surface area contributed by atoms with E-state index in [0.29, 0.717) is 36.5 Å². The molecule has 190 valence electrons. The Bertz CT molecular complexity index is 1160. The molecule has 0 unspecified atom stereocenters.